The van der Waals surface area contributed by atoms with Crippen molar-refractivity contribution in [3.63, 3.8) is 0 Å². The van der Waals surface area contributed by atoms with Crippen molar-refractivity contribution in [3.8, 4) is 0 Å². The first-order valence-corrected chi connectivity index (χ1v) is 9.10. The van der Waals surface area contributed by atoms with Gasteiger partial charge in [-0.3, -0.25) is 9.59 Å². The maximum absolute atomic E-state index is 12.5. The molecule has 0 aliphatic heterocycles. The van der Waals surface area contributed by atoms with E-state index in [1.54, 1.807) is 0 Å². The largest absolute Gasteiger partial charge is 0.511 e. The fourth-order valence-electron chi connectivity index (χ4n) is 2.86. The first-order chi connectivity index (χ1) is 12.2. The molecule has 1 aliphatic rings. The van der Waals surface area contributed by atoms with Crippen LogP contribution >= 0.6 is 12.2 Å². The number of ether oxygens (including phenoxy) is 1. The van der Waals surface area contributed by atoms with Crippen LogP contribution in [0.15, 0.2) is 41.7 Å². The van der Waals surface area contributed by atoms with Crippen molar-refractivity contribution in [2.45, 2.75) is 52.1 Å². The fourth-order valence-corrected chi connectivity index (χ4v) is 3.21. The highest BCUT2D eigenvalue weighted by Crippen LogP contribution is 2.30. The summed E-state index contributed by atoms with van der Waals surface area (Å²) in [5.74, 6) is -0.584. The molecule has 0 fully saturated rings. The third-order valence-electron chi connectivity index (χ3n) is 3.96. The molecule has 26 heavy (non-hydrogen) atoms. The molecule has 5 nitrogen and oxygen atoms in total. The van der Waals surface area contributed by atoms with Gasteiger partial charge in [-0.25, -0.2) is 0 Å². The second-order valence-corrected chi connectivity index (χ2v) is 7.87. The van der Waals surface area contributed by atoms with Crippen LogP contribution < -0.4 is 5.32 Å². The van der Waals surface area contributed by atoms with Crippen LogP contribution in [-0.2, 0) is 14.3 Å². The number of aliphatic hydroxyl groups excluding tert-OH is 1. The van der Waals surface area contributed by atoms with Crippen molar-refractivity contribution in [1.29, 1.82) is 0 Å². The molecule has 0 saturated heterocycles. The number of benzene rings is 1. The summed E-state index contributed by atoms with van der Waals surface area (Å²) in [4.78, 5) is 24.5. The van der Waals surface area contributed by atoms with Crippen molar-refractivity contribution in [2.24, 2.45) is 5.92 Å². The van der Waals surface area contributed by atoms with Crippen LogP contribution in [0.3, 0.4) is 0 Å². The first kappa shape index (κ1) is 20.1. The fraction of sp³-hybridized carbons (Fsp3) is 0.450. The average Bonchev–Trinajstić information content (AvgIpc) is 2.51. The lowest BCUT2D eigenvalue weighted by molar-refractivity contribution is -0.155. The van der Waals surface area contributed by atoms with Gasteiger partial charge < -0.3 is 15.2 Å². The minimum Gasteiger partial charge on any atom is -0.511 e. The van der Waals surface area contributed by atoms with Gasteiger partial charge in [-0.2, -0.15) is 0 Å². The minimum absolute atomic E-state index is 0.0103. The molecule has 0 spiro atoms. The maximum Gasteiger partial charge on any atom is 0.306 e. The second kappa shape index (κ2) is 8.45. The van der Waals surface area contributed by atoms with Crippen LogP contribution in [0.1, 0.15) is 46.5 Å². The van der Waals surface area contributed by atoms with Gasteiger partial charge in [-0.05, 0) is 45.2 Å². The molecule has 0 bridgehead atoms. The number of para-hydroxylation sites is 1. The standard InChI is InChI=1S/C20H25NO4S/c1-20(2,3)25-17(24)10-9-13-11-15(22)18(16(23)12-13)19(26)21-14-7-5-4-6-8-14/h4-8,13,22H,9-12H2,1-3H3,(H,21,26). The average molecular weight is 375 g/mol. The SMILES string of the molecule is CC(C)(C)OC(=O)CCC1CC(=O)C(C(=S)Nc2ccccc2)=C(O)C1. The van der Waals surface area contributed by atoms with E-state index < -0.39 is 5.60 Å². The highest BCUT2D eigenvalue weighted by Gasteiger charge is 2.30. The predicted molar refractivity (Wildman–Crippen MR) is 105 cm³/mol. The monoisotopic (exact) mass is 375 g/mol. The van der Waals surface area contributed by atoms with Crippen molar-refractivity contribution in [2.75, 3.05) is 5.32 Å². The molecule has 2 rings (SSSR count). The Balaban J connectivity index is 1.95. The Hall–Kier alpha value is -2.21. The van der Waals surface area contributed by atoms with Gasteiger partial charge in [0.25, 0.3) is 0 Å². The number of hydrogen-bond donors (Lipinski definition) is 2. The number of Topliss-reactive ketones (excluding diaryl/α,β-unsaturated/α-hetero) is 1. The summed E-state index contributed by atoms with van der Waals surface area (Å²) in [5.41, 5.74) is 0.416. The van der Waals surface area contributed by atoms with Gasteiger partial charge in [0.1, 0.15) is 16.3 Å². The lowest BCUT2D eigenvalue weighted by Gasteiger charge is -2.25. The number of hydrogen-bond acceptors (Lipinski definition) is 5. The molecular formula is C20H25NO4S. The number of carbonyl (C=O) groups is 2. The number of carbonyl (C=O) groups excluding carboxylic acids is 2. The van der Waals surface area contributed by atoms with E-state index in [2.05, 4.69) is 5.32 Å². The van der Waals surface area contributed by atoms with Crippen molar-refractivity contribution < 1.29 is 19.4 Å². The molecule has 1 aromatic carbocycles. The van der Waals surface area contributed by atoms with Crippen molar-refractivity contribution in [3.05, 3.63) is 41.7 Å². The van der Waals surface area contributed by atoms with E-state index in [1.807, 2.05) is 51.1 Å². The van der Waals surface area contributed by atoms with E-state index in [-0.39, 0.29) is 46.8 Å². The number of thiocarbonyl (C=S) groups is 1. The third kappa shape index (κ3) is 5.95. The molecule has 1 atom stereocenters. The smallest absolute Gasteiger partial charge is 0.306 e. The number of esters is 1. The van der Waals surface area contributed by atoms with E-state index in [4.69, 9.17) is 17.0 Å². The summed E-state index contributed by atoms with van der Waals surface area (Å²) in [6, 6.07) is 9.26. The van der Waals surface area contributed by atoms with Gasteiger partial charge in [0.15, 0.2) is 5.78 Å². The number of nitrogens with one attached hydrogen (secondary N) is 1. The van der Waals surface area contributed by atoms with E-state index in [0.717, 1.165) is 5.69 Å². The van der Waals surface area contributed by atoms with Gasteiger partial charge in [0.2, 0.25) is 0 Å². The van der Waals surface area contributed by atoms with Gasteiger partial charge >= 0.3 is 5.97 Å². The van der Waals surface area contributed by atoms with Crippen LogP contribution in [0.25, 0.3) is 0 Å². The maximum atomic E-state index is 12.5. The Kier molecular flexibility index (Phi) is 6.53. The number of aliphatic hydroxyl groups is 1. The number of anilines is 1. The van der Waals surface area contributed by atoms with Crippen LogP contribution in [0, 0.1) is 5.92 Å². The van der Waals surface area contributed by atoms with Gasteiger partial charge in [-0.15, -0.1) is 0 Å². The van der Waals surface area contributed by atoms with E-state index in [0.29, 0.717) is 12.8 Å². The molecule has 0 heterocycles. The Labute approximate surface area is 159 Å². The van der Waals surface area contributed by atoms with Crippen LogP contribution in [0.5, 0.6) is 0 Å². The Morgan fingerprint density at radius 1 is 1.27 bits per heavy atom. The normalized spacial score (nSPS) is 17.8. The predicted octanol–water partition coefficient (Wildman–Crippen LogP) is 4.34. The summed E-state index contributed by atoms with van der Waals surface area (Å²) in [6.45, 7) is 5.45. The highest BCUT2D eigenvalue weighted by molar-refractivity contribution is 7.81. The molecule has 1 aromatic rings. The van der Waals surface area contributed by atoms with Gasteiger partial charge in [0, 0.05) is 24.9 Å². The highest BCUT2D eigenvalue weighted by atomic mass is 32.1. The van der Waals surface area contributed by atoms with E-state index >= 15 is 0 Å². The summed E-state index contributed by atoms with van der Waals surface area (Å²) >= 11 is 5.29. The van der Waals surface area contributed by atoms with E-state index in [1.165, 1.54) is 0 Å². The zero-order chi connectivity index (χ0) is 19.3. The Morgan fingerprint density at radius 3 is 2.50 bits per heavy atom. The molecule has 0 aromatic heterocycles. The third-order valence-corrected chi connectivity index (χ3v) is 4.27. The molecule has 6 heteroatoms. The molecular weight excluding hydrogens is 350 g/mol. The van der Waals surface area contributed by atoms with Gasteiger partial charge in [0.05, 0.1) is 5.57 Å². The molecule has 2 N–H and O–H groups in total. The van der Waals surface area contributed by atoms with Crippen LogP contribution in [0.4, 0.5) is 5.69 Å². The van der Waals surface area contributed by atoms with Crippen LogP contribution in [-0.4, -0.2) is 27.4 Å². The van der Waals surface area contributed by atoms with Crippen LogP contribution in [0.2, 0.25) is 0 Å². The Morgan fingerprint density at radius 2 is 1.92 bits per heavy atom. The zero-order valence-corrected chi connectivity index (χ0v) is 16.2. The van der Waals surface area contributed by atoms with Crippen molar-refractivity contribution >= 4 is 34.6 Å². The first-order valence-electron chi connectivity index (χ1n) is 8.69. The molecule has 1 aliphatic carbocycles. The summed E-state index contributed by atoms with van der Waals surface area (Å²) in [5, 5.41) is 13.3. The topological polar surface area (TPSA) is 75.6 Å². The Bertz CT molecular complexity index is 719. The number of ketones is 1. The summed E-state index contributed by atoms with van der Waals surface area (Å²) < 4.78 is 5.28. The number of allylic oxidation sites excluding steroid dienone is 1. The molecule has 0 amide bonds. The number of rotatable bonds is 5. The molecule has 1 unspecified atom stereocenters. The lowest BCUT2D eigenvalue weighted by atomic mass is 9.84. The lowest BCUT2D eigenvalue weighted by Crippen LogP contribution is -2.28. The minimum atomic E-state index is -0.524. The quantitative estimate of drug-likeness (QED) is 0.589. The van der Waals surface area contributed by atoms with E-state index in [9.17, 15) is 14.7 Å². The molecule has 0 saturated carbocycles. The molecule has 140 valence electrons. The zero-order valence-electron chi connectivity index (χ0n) is 15.4. The summed E-state index contributed by atoms with van der Waals surface area (Å²) in [7, 11) is 0. The van der Waals surface area contributed by atoms with Crippen molar-refractivity contribution in [1.82, 2.24) is 0 Å². The second-order valence-electron chi connectivity index (χ2n) is 7.46. The molecule has 0 radical (unpaired) electrons. The van der Waals surface area contributed by atoms with Gasteiger partial charge in [-0.1, -0.05) is 30.4 Å². The summed E-state index contributed by atoms with van der Waals surface area (Å²) in [6.07, 6.45) is 1.32.